The van der Waals surface area contributed by atoms with Gasteiger partial charge in [0.05, 0.1) is 39.9 Å². The van der Waals surface area contributed by atoms with E-state index in [0.29, 0.717) is 17.4 Å². The predicted molar refractivity (Wildman–Crippen MR) is 316 cm³/mol. The summed E-state index contributed by atoms with van der Waals surface area (Å²) in [5.74, 6) is -0.203. The van der Waals surface area contributed by atoms with Crippen LogP contribution in [0.2, 0.25) is 0 Å². The van der Waals surface area contributed by atoms with Crippen LogP contribution in [-0.2, 0) is 18.4 Å². The zero-order valence-corrected chi connectivity index (χ0v) is 50.3. The number of unbranched alkanes of at least 4 members (excludes halogenated alkanes) is 42. The summed E-state index contributed by atoms with van der Waals surface area (Å²) in [6.45, 7) is 4.65. The van der Waals surface area contributed by atoms with E-state index in [-0.39, 0.29) is 19.1 Å². The van der Waals surface area contributed by atoms with E-state index in [9.17, 15) is 19.4 Å². The number of aliphatic hydroxyl groups is 1. The van der Waals surface area contributed by atoms with Gasteiger partial charge in [-0.1, -0.05) is 288 Å². The van der Waals surface area contributed by atoms with Gasteiger partial charge in [-0.05, 0) is 57.8 Å². The molecular weight excluding hydrogens is 924 g/mol. The highest BCUT2D eigenvalue weighted by molar-refractivity contribution is 7.45. The van der Waals surface area contributed by atoms with Crippen LogP contribution in [0.3, 0.4) is 0 Å². The number of hydrogen-bond donors (Lipinski definition) is 2. The number of amides is 1. The first-order chi connectivity index (χ1) is 35.5. The van der Waals surface area contributed by atoms with Crippen molar-refractivity contribution in [3.8, 4) is 0 Å². The maximum Gasteiger partial charge on any atom is 0.268 e. The van der Waals surface area contributed by atoms with E-state index >= 15 is 0 Å². The second-order valence-corrected chi connectivity index (χ2v) is 24.5. The van der Waals surface area contributed by atoms with Gasteiger partial charge >= 0.3 is 0 Å². The molecular formula is C64H125N2O6P. The molecule has 0 bridgehead atoms. The summed E-state index contributed by atoms with van der Waals surface area (Å²) in [5.41, 5.74) is 0. The number of allylic oxidation sites excluding steroid dienone is 5. The van der Waals surface area contributed by atoms with Crippen molar-refractivity contribution in [2.24, 2.45) is 0 Å². The number of carbonyl (C=O) groups excluding carboxylic acids is 1. The highest BCUT2D eigenvalue weighted by atomic mass is 31.2. The number of quaternary nitrogens is 1. The molecule has 0 aliphatic rings. The van der Waals surface area contributed by atoms with Gasteiger partial charge in [0.25, 0.3) is 7.82 Å². The van der Waals surface area contributed by atoms with Crippen molar-refractivity contribution in [2.75, 3.05) is 40.9 Å². The number of nitrogens with one attached hydrogen (secondary N) is 1. The van der Waals surface area contributed by atoms with E-state index < -0.39 is 20.0 Å². The quantitative estimate of drug-likeness (QED) is 0.0272. The molecule has 3 unspecified atom stereocenters. The second kappa shape index (κ2) is 55.5. The molecule has 0 saturated carbocycles. The monoisotopic (exact) mass is 1050 g/mol. The van der Waals surface area contributed by atoms with E-state index in [0.717, 1.165) is 38.5 Å². The molecule has 0 radical (unpaired) electrons. The SMILES string of the molecule is CCCCCCCCCC/C=C/CC/C=C/C(O)C(COP(=O)([O-])OCC[N+](C)(C)C)NC(=O)CCCCCCCCCCCCCCCCCCC/C=C\CCCCCCCCCCCCCCCCCC. The Morgan fingerprint density at radius 3 is 1.11 bits per heavy atom. The van der Waals surface area contributed by atoms with Crippen LogP contribution in [0, 0.1) is 0 Å². The van der Waals surface area contributed by atoms with Crippen molar-refractivity contribution >= 4 is 13.7 Å². The minimum absolute atomic E-state index is 0.00510. The first kappa shape index (κ1) is 71.7. The lowest BCUT2D eigenvalue weighted by atomic mass is 10.0. The Balaban J connectivity index is 3.93. The van der Waals surface area contributed by atoms with Crippen molar-refractivity contribution in [1.29, 1.82) is 0 Å². The van der Waals surface area contributed by atoms with Gasteiger partial charge in [-0.2, -0.15) is 0 Å². The van der Waals surface area contributed by atoms with Crippen LogP contribution in [0.25, 0.3) is 0 Å². The Bertz CT molecular complexity index is 1280. The van der Waals surface area contributed by atoms with E-state index in [1.807, 2.05) is 27.2 Å². The van der Waals surface area contributed by atoms with Gasteiger partial charge in [0.2, 0.25) is 5.91 Å². The fourth-order valence-corrected chi connectivity index (χ4v) is 10.3. The normalized spacial score (nSPS) is 14.0. The average molecular weight is 1050 g/mol. The first-order valence-electron chi connectivity index (χ1n) is 31.9. The molecule has 73 heavy (non-hydrogen) atoms. The Labute approximate surface area is 455 Å². The molecule has 0 heterocycles. The largest absolute Gasteiger partial charge is 0.756 e. The van der Waals surface area contributed by atoms with Crippen LogP contribution in [0.4, 0.5) is 0 Å². The van der Waals surface area contributed by atoms with Crippen LogP contribution < -0.4 is 10.2 Å². The molecule has 0 saturated heterocycles. The third-order valence-corrected chi connectivity index (χ3v) is 15.5. The summed E-state index contributed by atoms with van der Waals surface area (Å²) >= 11 is 0. The molecule has 0 spiro atoms. The minimum atomic E-state index is -4.60. The highest BCUT2D eigenvalue weighted by Crippen LogP contribution is 2.38. The van der Waals surface area contributed by atoms with Crippen molar-refractivity contribution in [1.82, 2.24) is 5.32 Å². The topological polar surface area (TPSA) is 108 Å². The Morgan fingerprint density at radius 1 is 0.466 bits per heavy atom. The molecule has 0 aromatic heterocycles. The summed E-state index contributed by atoms with van der Waals surface area (Å²) < 4.78 is 23.3. The lowest BCUT2D eigenvalue weighted by Crippen LogP contribution is -2.45. The maximum atomic E-state index is 13.0. The van der Waals surface area contributed by atoms with Crippen LogP contribution in [0.5, 0.6) is 0 Å². The van der Waals surface area contributed by atoms with Gasteiger partial charge in [-0.15, -0.1) is 0 Å². The fourth-order valence-electron chi connectivity index (χ4n) is 9.58. The molecule has 0 aromatic carbocycles. The lowest BCUT2D eigenvalue weighted by molar-refractivity contribution is -0.870. The van der Waals surface area contributed by atoms with Gasteiger partial charge in [0.1, 0.15) is 13.2 Å². The van der Waals surface area contributed by atoms with Crippen molar-refractivity contribution < 1.29 is 32.9 Å². The van der Waals surface area contributed by atoms with Crippen LogP contribution in [0.15, 0.2) is 36.5 Å². The predicted octanol–water partition coefficient (Wildman–Crippen LogP) is 19.1. The summed E-state index contributed by atoms with van der Waals surface area (Å²) in [7, 11) is 1.25. The average Bonchev–Trinajstić information content (AvgIpc) is 3.35. The molecule has 0 aliphatic heterocycles. The number of aliphatic hydroxyl groups excluding tert-OH is 1. The number of rotatable bonds is 59. The lowest BCUT2D eigenvalue weighted by Gasteiger charge is -2.29. The summed E-state index contributed by atoms with van der Waals surface area (Å²) in [6, 6.07) is -0.901. The van der Waals surface area contributed by atoms with Gasteiger partial charge < -0.3 is 28.8 Å². The zero-order chi connectivity index (χ0) is 53.5. The Kier molecular flexibility index (Phi) is 54.5. The van der Waals surface area contributed by atoms with E-state index in [1.165, 1.54) is 257 Å². The number of likely N-dealkylation sites (N-methyl/N-ethyl adjacent to an activating group) is 1. The molecule has 0 fully saturated rings. The molecule has 0 aromatic rings. The van der Waals surface area contributed by atoms with Crippen LogP contribution in [-0.4, -0.2) is 68.5 Å². The van der Waals surface area contributed by atoms with Crippen molar-refractivity contribution in [2.45, 2.75) is 328 Å². The van der Waals surface area contributed by atoms with E-state index in [1.54, 1.807) is 6.08 Å². The van der Waals surface area contributed by atoms with Gasteiger partial charge in [0, 0.05) is 6.42 Å². The molecule has 9 heteroatoms. The Hall–Kier alpha value is -1.28. The molecule has 0 aliphatic carbocycles. The third kappa shape index (κ3) is 58.2. The smallest absolute Gasteiger partial charge is 0.268 e. The third-order valence-electron chi connectivity index (χ3n) is 14.6. The molecule has 2 N–H and O–H groups in total. The Morgan fingerprint density at radius 2 is 0.767 bits per heavy atom. The van der Waals surface area contributed by atoms with Gasteiger partial charge in [-0.25, -0.2) is 0 Å². The fraction of sp³-hybridized carbons (Fsp3) is 0.891. The highest BCUT2D eigenvalue weighted by Gasteiger charge is 2.23. The second-order valence-electron chi connectivity index (χ2n) is 23.1. The van der Waals surface area contributed by atoms with E-state index in [2.05, 4.69) is 43.5 Å². The molecule has 0 rings (SSSR count). The zero-order valence-electron chi connectivity index (χ0n) is 49.4. The number of hydrogen-bond acceptors (Lipinski definition) is 6. The molecule has 8 nitrogen and oxygen atoms in total. The summed E-state index contributed by atoms with van der Waals surface area (Å²) in [5, 5.41) is 13.8. The number of phosphoric ester groups is 1. The minimum Gasteiger partial charge on any atom is -0.756 e. The summed E-state index contributed by atoms with van der Waals surface area (Å²) in [4.78, 5) is 25.5. The molecule has 3 atom stereocenters. The van der Waals surface area contributed by atoms with Crippen LogP contribution in [0.1, 0.15) is 316 Å². The summed E-state index contributed by atoms with van der Waals surface area (Å²) in [6.07, 6.45) is 72.7. The molecule has 432 valence electrons. The van der Waals surface area contributed by atoms with Crippen LogP contribution >= 0.6 is 7.82 Å². The maximum absolute atomic E-state index is 13.0. The number of nitrogens with zero attached hydrogens (tertiary/aromatic N) is 1. The van der Waals surface area contributed by atoms with Gasteiger partial charge in [0.15, 0.2) is 0 Å². The number of carbonyl (C=O) groups is 1. The standard InChI is InChI=1S/C64H125N2O6P/c1-6-8-10-12-14-16-18-20-22-23-24-25-26-27-28-29-30-31-32-33-34-35-36-37-38-39-40-41-42-43-44-46-48-50-52-54-56-58-64(68)65-62(61-72-73(69,70)71-60-59-66(3,4)5)63(67)57-55-53-51-49-47-45-21-19-17-15-13-11-9-7-2/h31-32,47,49,55,57,62-63,67H,6-30,33-46,48,50-54,56,58-61H2,1-5H3,(H-,65,68,69,70)/b32-31-,49-47+,57-55+. The first-order valence-corrected chi connectivity index (χ1v) is 33.3. The number of phosphoric acid groups is 1. The van der Waals surface area contributed by atoms with Gasteiger partial charge in [-0.3, -0.25) is 9.36 Å². The molecule has 1 amide bonds. The van der Waals surface area contributed by atoms with E-state index in [4.69, 9.17) is 9.05 Å². The van der Waals surface area contributed by atoms with Crippen molar-refractivity contribution in [3.05, 3.63) is 36.5 Å². The van der Waals surface area contributed by atoms with Crippen molar-refractivity contribution in [3.63, 3.8) is 0 Å².